The van der Waals surface area contributed by atoms with Gasteiger partial charge in [0.25, 0.3) is 0 Å². The SMILES string of the molecule is C[C@@H](CO)[C@@H](O)c1cccc(F)c1. The van der Waals surface area contributed by atoms with Crippen molar-refractivity contribution >= 4 is 0 Å². The van der Waals surface area contributed by atoms with E-state index in [1.807, 2.05) is 0 Å². The van der Waals surface area contributed by atoms with Gasteiger partial charge >= 0.3 is 0 Å². The molecule has 1 aromatic carbocycles. The van der Waals surface area contributed by atoms with Crippen LogP contribution in [0.5, 0.6) is 0 Å². The number of hydrogen-bond donors (Lipinski definition) is 2. The molecule has 0 bridgehead atoms. The Morgan fingerprint density at radius 2 is 2.15 bits per heavy atom. The Hall–Kier alpha value is -0.930. The number of aliphatic hydroxyl groups is 2. The van der Waals surface area contributed by atoms with E-state index in [-0.39, 0.29) is 18.3 Å². The van der Waals surface area contributed by atoms with E-state index in [0.29, 0.717) is 5.56 Å². The van der Waals surface area contributed by atoms with E-state index in [4.69, 9.17) is 5.11 Å². The van der Waals surface area contributed by atoms with Crippen LogP contribution in [-0.4, -0.2) is 16.8 Å². The third-order valence-electron chi connectivity index (χ3n) is 2.02. The molecule has 0 saturated heterocycles. The van der Waals surface area contributed by atoms with Crippen molar-refractivity contribution in [2.45, 2.75) is 13.0 Å². The lowest BCUT2D eigenvalue weighted by atomic mass is 9.98. The smallest absolute Gasteiger partial charge is 0.123 e. The Bertz CT molecular complexity index is 275. The van der Waals surface area contributed by atoms with Gasteiger partial charge in [-0.25, -0.2) is 4.39 Å². The highest BCUT2D eigenvalue weighted by Gasteiger charge is 2.15. The minimum Gasteiger partial charge on any atom is -0.396 e. The molecule has 13 heavy (non-hydrogen) atoms. The van der Waals surface area contributed by atoms with E-state index in [1.165, 1.54) is 18.2 Å². The summed E-state index contributed by atoms with van der Waals surface area (Å²) in [4.78, 5) is 0. The van der Waals surface area contributed by atoms with E-state index in [0.717, 1.165) is 0 Å². The Morgan fingerprint density at radius 1 is 1.46 bits per heavy atom. The third-order valence-corrected chi connectivity index (χ3v) is 2.02. The molecule has 0 amide bonds. The van der Waals surface area contributed by atoms with E-state index < -0.39 is 6.10 Å². The normalized spacial score (nSPS) is 15.4. The van der Waals surface area contributed by atoms with Crippen LogP contribution in [0.4, 0.5) is 4.39 Å². The quantitative estimate of drug-likeness (QED) is 0.747. The number of benzene rings is 1. The van der Waals surface area contributed by atoms with Gasteiger partial charge < -0.3 is 10.2 Å². The number of hydrogen-bond acceptors (Lipinski definition) is 2. The predicted molar refractivity (Wildman–Crippen MR) is 47.6 cm³/mol. The van der Waals surface area contributed by atoms with Gasteiger partial charge in [-0.2, -0.15) is 0 Å². The Balaban J connectivity index is 2.82. The van der Waals surface area contributed by atoms with Crippen molar-refractivity contribution in [3.05, 3.63) is 35.6 Å². The highest BCUT2D eigenvalue weighted by atomic mass is 19.1. The third kappa shape index (κ3) is 2.50. The largest absolute Gasteiger partial charge is 0.396 e. The minimum absolute atomic E-state index is 0.113. The second kappa shape index (κ2) is 4.35. The second-order valence-corrected chi connectivity index (χ2v) is 3.16. The molecule has 0 aliphatic rings. The van der Waals surface area contributed by atoms with Gasteiger partial charge in [0.1, 0.15) is 5.82 Å². The van der Waals surface area contributed by atoms with Crippen molar-refractivity contribution in [2.75, 3.05) is 6.61 Å². The Morgan fingerprint density at radius 3 is 2.69 bits per heavy atom. The molecule has 0 radical (unpaired) electrons. The topological polar surface area (TPSA) is 40.5 Å². The zero-order valence-corrected chi connectivity index (χ0v) is 7.44. The molecule has 2 N–H and O–H groups in total. The Kier molecular flexibility index (Phi) is 3.39. The lowest BCUT2D eigenvalue weighted by Gasteiger charge is -2.16. The molecule has 0 fully saturated rings. The highest BCUT2D eigenvalue weighted by molar-refractivity contribution is 5.19. The average molecular weight is 184 g/mol. The molecule has 0 aliphatic carbocycles. The first-order valence-corrected chi connectivity index (χ1v) is 4.19. The summed E-state index contributed by atoms with van der Waals surface area (Å²) in [6.45, 7) is 1.59. The van der Waals surface area contributed by atoms with Crippen LogP contribution in [0.2, 0.25) is 0 Å². The van der Waals surface area contributed by atoms with Gasteiger partial charge in [-0.05, 0) is 17.7 Å². The standard InChI is InChI=1S/C10H13FO2/c1-7(6-12)10(13)8-3-2-4-9(11)5-8/h2-5,7,10,12-13H,6H2,1H3/t7-,10+/m0/s1. The summed E-state index contributed by atoms with van der Waals surface area (Å²) in [5.74, 6) is -0.650. The van der Waals surface area contributed by atoms with Crippen LogP contribution in [0.3, 0.4) is 0 Å². The molecule has 0 aromatic heterocycles. The van der Waals surface area contributed by atoms with Crippen LogP contribution < -0.4 is 0 Å². The highest BCUT2D eigenvalue weighted by Crippen LogP contribution is 2.21. The first-order chi connectivity index (χ1) is 6.15. The molecule has 0 unspecified atom stereocenters. The monoisotopic (exact) mass is 184 g/mol. The van der Waals surface area contributed by atoms with Crippen molar-refractivity contribution < 1.29 is 14.6 Å². The predicted octanol–water partition coefficient (Wildman–Crippen LogP) is 1.49. The zero-order valence-electron chi connectivity index (χ0n) is 7.44. The van der Waals surface area contributed by atoms with Crippen molar-refractivity contribution in [1.82, 2.24) is 0 Å². The summed E-state index contributed by atoms with van der Waals surface area (Å²) in [7, 11) is 0. The molecule has 2 atom stereocenters. The van der Waals surface area contributed by atoms with Crippen molar-refractivity contribution in [3.63, 3.8) is 0 Å². The molecule has 0 spiro atoms. The molecule has 72 valence electrons. The van der Waals surface area contributed by atoms with Crippen molar-refractivity contribution in [3.8, 4) is 0 Å². The molecule has 0 saturated carbocycles. The Labute approximate surface area is 76.6 Å². The van der Waals surface area contributed by atoms with E-state index in [1.54, 1.807) is 13.0 Å². The first kappa shape index (κ1) is 10.2. The molecular weight excluding hydrogens is 171 g/mol. The number of aliphatic hydroxyl groups excluding tert-OH is 2. The van der Waals surface area contributed by atoms with Gasteiger partial charge in [-0.15, -0.1) is 0 Å². The van der Waals surface area contributed by atoms with Crippen LogP contribution in [0.1, 0.15) is 18.6 Å². The van der Waals surface area contributed by atoms with E-state index in [2.05, 4.69) is 0 Å². The average Bonchev–Trinajstić information content (AvgIpc) is 2.15. The van der Waals surface area contributed by atoms with Gasteiger partial charge in [0, 0.05) is 12.5 Å². The van der Waals surface area contributed by atoms with Crippen LogP contribution in [-0.2, 0) is 0 Å². The van der Waals surface area contributed by atoms with Gasteiger partial charge in [-0.1, -0.05) is 19.1 Å². The molecular formula is C10H13FO2. The summed E-state index contributed by atoms with van der Waals surface area (Å²) in [5, 5.41) is 18.4. The van der Waals surface area contributed by atoms with Gasteiger partial charge in [0.2, 0.25) is 0 Å². The molecule has 0 aliphatic heterocycles. The fraction of sp³-hybridized carbons (Fsp3) is 0.400. The van der Waals surface area contributed by atoms with Gasteiger partial charge in [0.15, 0.2) is 0 Å². The summed E-state index contributed by atoms with van der Waals surface area (Å²) in [5.41, 5.74) is 0.501. The first-order valence-electron chi connectivity index (χ1n) is 4.19. The fourth-order valence-corrected chi connectivity index (χ4v) is 1.12. The fourth-order valence-electron chi connectivity index (χ4n) is 1.12. The maximum Gasteiger partial charge on any atom is 0.123 e. The number of halogens is 1. The van der Waals surface area contributed by atoms with Gasteiger partial charge in [0.05, 0.1) is 6.10 Å². The molecule has 2 nitrogen and oxygen atoms in total. The zero-order chi connectivity index (χ0) is 9.84. The van der Waals surface area contributed by atoms with E-state index in [9.17, 15) is 9.50 Å². The maximum absolute atomic E-state index is 12.7. The van der Waals surface area contributed by atoms with Gasteiger partial charge in [-0.3, -0.25) is 0 Å². The van der Waals surface area contributed by atoms with Crippen molar-refractivity contribution in [2.24, 2.45) is 5.92 Å². The van der Waals surface area contributed by atoms with Crippen LogP contribution >= 0.6 is 0 Å². The van der Waals surface area contributed by atoms with Crippen LogP contribution in [0, 0.1) is 11.7 Å². The molecule has 3 heteroatoms. The van der Waals surface area contributed by atoms with E-state index >= 15 is 0 Å². The number of rotatable bonds is 3. The summed E-state index contributed by atoms with van der Waals surface area (Å²) >= 11 is 0. The summed E-state index contributed by atoms with van der Waals surface area (Å²) in [6, 6.07) is 5.77. The maximum atomic E-state index is 12.7. The minimum atomic E-state index is -0.805. The van der Waals surface area contributed by atoms with Crippen LogP contribution in [0.15, 0.2) is 24.3 Å². The second-order valence-electron chi connectivity index (χ2n) is 3.16. The summed E-state index contributed by atoms with van der Waals surface area (Å²) in [6.07, 6.45) is -0.805. The lowest BCUT2D eigenvalue weighted by Crippen LogP contribution is -2.12. The van der Waals surface area contributed by atoms with Crippen molar-refractivity contribution in [1.29, 1.82) is 0 Å². The molecule has 1 aromatic rings. The molecule has 0 heterocycles. The summed E-state index contributed by atoms with van der Waals surface area (Å²) < 4.78 is 12.7. The van der Waals surface area contributed by atoms with Crippen LogP contribution in [0.25, 0.3) is 0 Å². The molecule has 1 rings (SSSR count). The lowest BCUT2D eigenvalue weighted by molar-refractivity contribution is 0.0768.